The molecule has 8 nitrogen and oxygen atoms in total. The molecular weight excluding hydrogens is 472 g/mol. The maximum absolute atomic E-state index is 12.6. The Morgan fingerprint density at radius 2 is 1.71 bits per heavy atom. The number of carbonyl (C=O) groups is 2. The SMILES string of the molecule is COc1cc2c(cc1NC(=O)COC(=O)c1ccc(S(=O)(=O)C(F)F)cc1)oc1ccccc12. The summed E-state index contributed by atoms with van der Waals surface area (Å²) in [6.45, 7) is -0.656. The standard InChI is InChI=1S/C23H17F2NO7S/c1-31-20-10-16-15-4-2-3-5-18(15)33-19(16)11-17(20)26-21(27)12-32-22(28)13-6-8-14(9-7-13)34(29,30)23(24)25/h2-11,23H,12H2,1H3,(H,26,27). The van der Waals surface area contributed by atoms with Crippen molar-refractivity contribution >= 4 is 49.3 Å². The van der Waals surface area contributed by atoms with Crippen LogP contribution in [0.5, 0.6) is 5.75 Å². The van der Waals surface area contributed by atoms with Gasteiger partial charge in [0.1, 0.15) is 16.9 Å². The third-order valence-corrected chi connectivity index (χ3v) is 6.36. The molecule has 1 heterocycles. The molecule has 0 bridgehead atoms. The zero-order valence-electron chi connectivity index (χ0n) is 17.6. The summed E-state index contributed by atoms with van der Waals surface area (Å²) >= 11 is 0. The maximum atomic E-state index is 12.6. The smallest absolute Gasteiger partial charge is 0.341 e. The van der Waals surface area contributed by atoms with E-state index in [2.05, 4.69) is 5.32 Å². The highest BCUT2D eigenvalue weighted by molar-refractivity contribution is 7.91. The molecule has 4 aromatic rings. The molecule has 0 aliphatic carbocycles. The molecule has 34 heavy (non-hydrogen) atoms. The Morgan fingerprint density at radius 3 is 2.38 bits per heavy atom. The van der Waals surface area contributed by atoms with Gasteiger partial charge in [-0.1, -0.05) is 18.2 Å². The molecule has 0 saturated heterocycles. The van der Waals surface area contributed by atoms with Crippen LogP contribution in [0.15, 0.2) is 70.0 Å². The number of anilines is 1. The van der Waals surface area contributed by atoms with Crippen LogP contribution in [0, 0.1) is 0 Å². The predicted molar refractivity (Wildman–Crippen MR) is 119 cm³/mol. The van der Waals surface area contributed by atoms with E-state index >= 15 is 0 Å². The number of amides is 1. The Bertz CT molecular complexity index is 1500. The Balaban J connectivity index is 1.44. The molecule has 0 saturated carbocycles. The normalized spacial score (nSPS) is 11.6. The summed E-state index contributed by atoms with van der Waals surface area (Å²) in [6.07, 6.45) is 0. The van der Waals surface area contributed by atoms with Crippen LogP contribution >= 0.6 is 0 Å². The van der Waals surface area contributed by atoms with E-state index in [-0.39, 0.29) is 5.56 Å². The van der Waals surface area contributed by atoms with Crippen molar-refractivity contribution < 1.29 is 40.7 Å². The molecule has 0 radical (unpaired) electrons. The molecule has 1 amide bonds. The van der Waals surface area contributed by atoms with Crippen LogP contribution in [0.3, 0.4) is 0 Å². The maximum Gasteiger partial charge on any atom is 0.341 e. The monoisotopic (exact) mass is 489 g/mol. The number of methoxy groups -OCH3 is 1. The first-order chi connectivity index (χ1) is 16.2. The molecule has 0 unspecified atom stereocenters. The van der Waals surface area contributed by atoms with Gasteiger partial charge in [0.05, 0.1) is 23.3 Å². The Hall–Kier alpha value is -3.99. The molecule has 3 aromatic carbocycles. The van der Waals surface area contributed by atoms with Crippen LogP contribution in [0.4, 0.5) is 14.5 Å². The van der Waals surface area contributed by atoms with E-state index in [1.165, 1.54) is 7.11 Å². The number of rotatable bonds is 7. The number of ether oxygens (including phenoxy) is 2. The number of alkyl halides is 2. The van der Waals surface area contributed by atoms with Crippen molar-refractivity contribution in [2.45, 2.75) is 10.7 Å². The van der Waals surface area contributed by atoms with Gasteiger partial charge < -0.3 is 19.2 Å². The number of esters is 1. The molecule has 1 N–H and O–H groups in total. The molecule has 0 spiro atoms. The lowest BCUT2D eigenvalue weighted by Gasteiger charge is -2.11. The van der Waals surface area contributed by atoms with Crippen molar-refractivity contribution in [1.29, 1.82) is 0 Å². The second kappa shape index (κ2) is 9.10. The van der Waals surface area contributed by atoms with Gasteiger partial charge in [0, 0.05) is 16.8 Å². The van der Waals surface area contributed by atoms with Crippen LogP contribution in [-0.2, 0) is 19.4 Å². The Kier molecular flexibility index (Phi) is 6.20. The molecular formula is C23H17F2NO7S. The number of carbonyl (C=O) groups excluding carboxylic acids is 2. The van der Waals surface area contributed by atoms with Crippen LogP contribution in [0.1, 0.15) is 10.4 Å². The zero-order chi connectivity index (χ0) is 24.5. The lowest BCUT2D eigenvalue weighted by molar-refractivity contribution is -0.119. The van der Waals surface area contributed by atoms with Gasteiger partial charge in [0.25, 0.3) is 5.91 Å². The van der Waals surface area contributed by atoms with E-state index in [0.29, 0.717) is 22.6 Å². The van der Waals surface area contributed by atoms with Gasteiger partial charge in [-0.3, -0.25) is 4.79 Å². The van der Waals surface area contributed by atoms with Crippen molar-refractivity contribution in [2.24, 2.45) is 0 Å². The van der Waals surface area contributed by atoms with Gasteiger partial charge >= 0.3 is 11.7 Å². The number of fused-ring (bicyclic) bond motifs is 3. The Morgan fingerprint density at radius 1 is 1.00 bits per heavy atom. The number of hydrogen-bond donors (Lipinski definition) is 1. The Labute approximate surface area is 192 Å². The molecule has 176 valence electrons. The van der Waals surface area contributed by atoms with E-state index in [1.54, 1.807) is 12.1 Å². The van der Waals surface area contributed by atoms with Crippen LogP contribution < -0.4 is 10.1 Å². The number of benzene rings is 3. The number of halogens is 2. The van der Waals surface area contributed by atoms with Crippen molar-refractivity contribution in [3.63, 3.8) is 0 Å². The number of furan rings is 1. The summed E-state index contributed by atoms with van der Waals surface area (Å²) in [4.78, 5) is 23.9. The minimum atomic E-state index is -4.78. The molecule has 0 atom stereocenters. The first-order valence-corrected chi connectivity index (χ1v) is 11.3. The van der Waals surface area contributed by atoms with Gasteiger partial charge in [-0.2, -0.15) is 8.78 Å². The van der Waals surface area contributed by atoms with Gasteiger partial charge in [-0.05, 0) is 36.4 Å². The average molecular weight is 489 g/mol. The highest BCUT2D eigenvalue weighted by Crippen LogP contribution is 2.36. The highest BCUT2D eigenvalue weighted by atomic mass is 32.2. The largest absolute Gasteiger partial charge is 0.495 e. The van der Waals surface area contributed by atoms with E-state index in [9.17, 15) is 26.8 Å². The third kappa shape index (κ3) is 4.42. The fraction of sp³-hybridized carbons (Fsp3) is 0.130. The zero-order valence-corrected chi connectivity index (χ0v) is 18.4. The summed E-state index contributed by atoms with van der Waals surface area (Å²) < 4.78 is 64.2. The lowest BCUT2D eigenvalue weighted by atomic mass is 10.1. The van der Waals surface area contributed by atoms with Gasteiger partial charge in [0.15, 0.2) is 6.61 Å². The summed E-state index contributed by atoms with van der Waals surface area (Å²) in [5.74, 6) is -4.81. The molecule has 1 aromatic heterocycles. The highest BCUT2D eigenvalue weighted by Gasteiger charge is 2.26. The third-order valence-electron chi connectivity index (χ3n) is 4.96. The van der Waals surface area contributed by atoms with Crippen LogP contribution in [-0.4, -0.2) is 39.8 Å². The van der Waals surface area contributed by atoms with E-state index in [4.69, 9.17) is 13.9 Å². The summed E-state index contributed by atoms with van der Waals surface area (Å²) in [5, 5.41) is 4.27. The number of para-hydroxylation sites is 1. The minimum absolute atomic E-state index is 0.109. The first-order valence-electron chi connectivity index (χ1n) is 9.79. The summed E-state index contributed by atoms with van der Waals surface area (Å²) in [5.41, 5.74) is 1.39. The minimum Gasteiger partial charge on any atom is -0.495 e. The fourth-order valence-corrected chi connectivity index (χ4v) is 4.02. The lowest BCUT2D eigenvalue weighted by Crippen LogP contribution is -2.21. The van der Waals surface area contributed by atoms with E-state index in [0.717, 1.165) is 35.0 Å². The average Bonchev–Trinajstić information content (AvgIpc) is 3.19. The molecule has 11 heteroatoms. The van der Waals surface area contributed by atoms with Crippen molar-refractivity contribution in [3.05, 3.63) is 66.2 Å². The second-order valence-corrected chi connectivity index (χ2v) is 9.02. The number of nitrogens with one attached hydrogen (secondary N) is 1. The molecule has 4 rings (SSSR count). The van der Waals surface area contributed by atoms with Crippen LogP contribution in [0.2, 0.25) is 0 Å². The van der Waals surface area contributed by atoms with Crippen LogP contribution in [0.25, 0.3) is 21.9 Å². The predicted octanol–water partition coefficient (Wildman–Crippen LogP) is 4.39. The van der Waals surface area contributed by atoms with Crippen molar-refractivity contribution in [3.8, 4) is 5.75 Å². The van der Waals surface area contributed by atoms with Gasteiger partial charge in [0.2, 0.25) is 9.84 Å². The number of sulfone groups is 1. The first kappa shape index (κ1) is 23.2. The van der Waals surface area contributed by atoms with Gasteiger partial charge in [-0.25, -0.2) is 13.2 Å². The fourth-order valence-electron chi connectivity index (χ4n) is 3.30. The summed E-state index contributed by atoms with van der Waals surface area (Å²) in [6, 6.07) is 14.5. The topological polar surface area (TPSA) is 112 Å². The van der Waals surface area contributed by atoms with Gasteiger partial charge in [-0.15, -0.1) is 0 Å². The second-order valence-electron chi connectivity index (χ2n) is 7.10. The molecule has 0 aliphatic rings. The van der Waals surface area contributed by atoms with E-state index < -0.39 is 39.0 Å². The number of hydrogen-bond acceptors (Lipinski definition) is 7. The molecule has 0 fully saturated rings. The summed E-state index contributed by atoms with van der Waals surface area (Å²) in [7, 11) is -3.34. The molecule has 0 aliphatic heterocycles. The van der Waals surface area contributed by atoms with Crippen molar-refractivity contribution in [2.75, 3.05) is 19.0 Å². The van der Waals surface area contributed by atoms with Crippen molar-refractivity contribution in [1.82, 2.24) is 0 Å². The quantitative estimate of drug-likeness (QED) is 0.383. The van der Waals surface area contributed by atoms with E-state index in [1.807, 2.05) is 24.3 Å².